The lowest BCUT2D eigenvalue weighted by molar-refractivity contribution is 0.0962. The van der Waals surface area contributed by atoms with Gasteiger partial charge in [-0.2, -0.15) is 0 Å². The fraction of sp³-hybridized carbons (Fsp3) is 0.647. The smallest absolute Gasteiger partial charge is 0.0237 e. The molecule has 2 rings (SSSR count). The Morgan fingerprint density at radius 3 is 2.35 bits per heavy atom. The topological polar surface area (TPSA) is 32.5 Å². The summed E-state index contributed by atoms with van der Waals surface area (Å²) in [6, 6.07) is 9.46. The molecular weight excluding hydrogens is 246 g/mol. The van der Waals surface area contributed by atoms with Crippen LogP contribution in [0.3, 0.4) is 0 Å². The fourth-order valence-corrected chi connectivity index (χ4v) is 2.97. The van der Waals surface area contributed by atoms with Crippen molar-refractivity contribution in [3.05, 3.63) is 35.4 Å². The van der Waals surface area contributed by atoms with Crippen molar-refractivity contribution in [2.45, 2.75) is 39.3 Å². The molecule has 0 aromatic heterocycles. The van der Waals surface area contributed by atoms with Crippen molar-refractivity contribution in [3.8, 4) is 0 Å². The maximum atomic E-state index is 5.71. The average Bonchev–Trinajstić information content (AvgIpc) is 2.49. The molecule has 0 bridgehead atoms. The first-order valence-corrected chi connectivity index (χ1v) is 7.97. The number of hydrogen-bond acceptors (Lipinski definition) is 3. The van der Waals surface area contributed by atoms with Crippen LogP contribution in [0.5, 0.6) is 0 Å². The van der Waals surface area contributed by atoms with Gasteiger partial charge < -0.3 is 5.73 Å². The zero-order valence-electron chi connectivity index (χ0n) is 13.0. The molecule has 1 heterocycles. The molecule has 1 aliphatic rings. The first-order chi connectivity index (χ1) is 9.74. The largest absolute Gasteiger partial charge is 0.330 e. The van der Waals surface area contributed by atoms with Gasteiger partial charge in [0.05, 0.1) is 0 Å². The highest BCUT2D eigenvalue weighted by atomic mass is 15.3. The van der Waals surface area contributed by atoms with Gasteiger partial charge >= 0.3 is 0 Å². The Hall–Kier alpha value is -0.900. The maximum Gasteiger partial charge on any atom is 0.0237 e. The van der Waals surface area contributed by atoms with Gasteiger partial charge in [-0.05, 0) is 37.4 Å². The minimum atomic E-state index is 0.724. The van der Waals surface area contributed by atoms with Crippen LogP contribution in [0.2, 0.25) is 0 Å². The zero-order chi connectivity index (χ0) is 14.4. The molecule has 1 atom stereocenters. The van der Waals surface area contributed by atoms with Crippen LogP contribution in [0, 0.1) is 0 Å². The van der Waals surface area contributed by atoms with E-state index in [-0.39, 0.29) is 0 Å². The normalized spacial score (nSPS) is 19.1. The van der Waals surface area contributed by atoms with E-state index in [9.17, 15) is 0 Å². The van der Waals surface area contributed by atoms with E-state index in [1.165, 1.54) is 43.7 Å². The predicted molar refractivity (Wildman–Crippen MR) is 85.8 cm³/mol. The highest BCUT2D eigenvalue weighted by Gasteiger charge is 2.20. The van der Waals surface area contributed by atoms with Gasteiger partial charge in [-0.1, -0.05) is 31.2 Å². The summed E-state index contributed by atoms with van der Waals surface area (Å²) in [4.78, 5) is 5.19. The molecule has 1 aromatic rings. The second-order valence-corrected chi connectivity index (χ2v) is 5.88. The molecule has 2 N–H and O–H groups in total. The molecule has 1 aromatic carbocycles. The number of hydrogen-bond donors (Lipinski definition) is 1. The third-order valence-electron chi connectivity index (χ3n) is 4.55. The van der Waals surface area contributed by atoms with E-state index >= 15 is 0 Å². The first kappa shape index (κ1) is 15.5. The minimum absolute atomic E-state index is 0.724. The first-order valence-electron chi connectivity index (χ1n) is 7.97. The molecular formula is C17H29N3. The van der Waals surface area contributed by atoms with E-state index in [2.05, 4.69) is 47.9 Å². The van der Waals surface area contributed by atoms with Gasteiger partial charge in [-0.3, -0.25) is 9.80 Å². The monoisotopic (exact) mass is 275 g/mol. The molecule has 1 aliphatic heterocycles. The minimum Gasteiger partial charge on any atom is -0.330 e. The number of rotatable bonds is 6. The van der Waals surface area contributed by atoms with Crippen LogP contribution in [0.1, 0.15) is 31.4 Å². The molecule has 0 aliphatic carbocycles. The van der Waals surface area contributed by atoms with E-state index in [4.69, 9.17) is 5.73 Å². The lowest BCUT2D eigenvalue weighted by atomic mass is 10.0. The fourth-order valence-electron chi connectivity index (χ4n) is 2.97. The molecule has 1 unspecified atom stereocenters. The van der Waals surface area contributed by atoms with E-state index in [1.807, 2.05) is 0 Å². The molecule has 0 saturated carbocycles. The van der Waals surface area contributed by atoms with Gasteiger partial charge in [-0.15, -0.1) is 0 Å². The van der Waals surface area contributed by atoms with Crippen LogP contribution in [0.4, 0.5) is 0 Å². The molecule has 20 heavy (non-hydrogen) atoms. The quantitative estimate of drug-likeness (QED) is 0.863. The molecule has 0 amide bonds. The molecule has 0 radical (unpaired) electrons. The summed E-state index contributed by atoms with van der Waals surface area (Å²) in [7, 11) is 0. The molecule has 0 spiro atoms. The summed E-state index contributed by atoms with van der Waals surface area (Å²) in [5.74, 6) is 0. The number of nitrogens with two attached hydrogens (primary N) is 1. The summed E-state index contributed by atoms with van der Waals surface area (Å²) in [6.45, 7) is 11.2. The van der Waals surface area contributed by atoms with Crippen LogP contribution >= 0.6 is 0 Å². The lowest BCUT2D eigenvalue weighted by Crippen LogP contribution is -2.49. The average molecular weight is 275 g/mol. The second kappa shape index (κ2) is 7.77. The number of piperazine rings is 1. The van der Waals surface area contributed by atoms with Crippen LogP contribution in [-0.4, -0.2) is 48.6 Å². The Morgan fingerprint density at radius 1 is 1.10 bits per heavy atom. The van der Waals surface area contributed by atoms with Crippen molar-refractivity contribution in [1.29, 1.82) is 0 Å². The molecule has 1 fully saturated rings. The van der Waals surface area contributed by atoms with Gasteiger partial charge in [0.2, 0.25) is 0 Å². The van der Waals surface area contributed by atoms with Gasteiger partial charge in [0.15, 0.2) is 0 Å². The molecule has 112 valence electrons. The van der Waals surface area contributed by atoms with Gasteiger partial charge in [0, 0.05) is 38.8 Å². The Balaban J connectivity index is 1.89. The SMILES string of the molecule is CCC(C)N1CCN(Cc2ccccc2CCN)CC1. The summed E-state index contributed by atoms with van der Waals surface area (Å²) < 4.78 is 0. The summed E-state index contributed by atoms with van der Waals surface area (Å²) in [5, 5.41) is 0. The van der Waals surface area contributed by atoms with Crippen molar-refractivity contribution in [3.63, 3.8) is 0 Å². The Bertz CT molecular complexity index is 397. The van der Waals surface area contributed by atoms with Crippen molar-refractivity contribution in [2.75, 3.05) is 32.7 Å². The predicted octanol–water partition coefficient (Wildman–Crippen LogP) is 2.10. The van der Waals surface area contributed by atoms with Crippen molar-refractivity contribution >= 4 is 0 Å². The van der Waals surface area contributed by atoms with Crippen LogP contribution in [0.15, 0.2) is 24.3 Å². The highest BCUT2D eigenvalue weighted by Crippen LogP contribution is 2.15. The molecule has 1 saturated heterocycles. The Kier molecular flexibility index (Phi) is 6.02. The van der Waals surface area contributed by atoms with Crippen molar-refractivity contribution < 1.29 is 0 Å². The van der Waals surface area contributed by atoms with Crippen LogP contribution in [-0.2, 0) is 13.0 Å². The van der Waals surface area contributed by atoms with E-state index in [0.717, 1.165) is 25.6 Å². The highest BCUT2D eigenvalue weighted by molar-refractivity contribution is 5.27. The standard InChI is InChI=1S/C17H29N3/c1-3-15(2)20-12-10-19(11-13-20)14-17-7-5-4-6-16(17)8-9-18/h4-7,15H,3,8-14,18H2,1-2H3. The van der Waals surface area contributed by atoms with Gasteiger partial charge in [0.1, 0.15) is 0 Å². The third kappa shape index (κ3) is 4.05. The molecule has 3 heteroatoms. The van der Waals surface area contributed by atoms with Crippen LogP contribution < -0.4 is 5.73 Å². The van der Waals surface area contributed by atoms with Crippen molar-refractivity contribution in [2.24, 2.45) is 5.73 Å². The third-order valence-corrected chi connectivity index (χ3v) is 4.55. The zero-order valence-corrected chi connectivity index (χ0v) is 13.0. The van der Waals surface area contributed by atoms with Gasteiger partial charge in [0.25, 0.3) is 0 Å². The second-order valence-electron chi connectivity index (χ2n) is 5.88. The van der Waals surface area contributed by atoms with E-state index in [1.54, 1.807) is 0 Å². The van der Waals surface area contributed by atoms with Gasteiger partial charge in [-0.25, -0.2) is 0 Å². The summed E-state index contributed by atoms with van der Waals surface area (Å²) in [6.07, 6.45) is 2.24. The van der Waals surface area contributed by atoms with Crippen LogP contribution in [0.25, 0.3) is 0 Å². The Labute approximate surface area is 123 Å². The van der Waals surface area contributed by atoms with E-state index in [0.29, 0.717) is 0 Å². The summed E-state index contributed by atoms with van der Waals surface area (Å²) in [5.41, 5.74) is 8.58. The van der Waals surface area contributed by atoms with E-state index < -0.39 is 0 Å². The van der Waals surface area contributed by atoms with Crippen molar-refractivity contribution in [1.82, 2.24) is 9.80 Å². The number of nitrogens with zero attached hydrogens (tertiary/aromatic N) is 2. The Morgan fingerprint density at radius 2 is 1.75 bits per heavy atom. The lowest BCUT2D eigenvalue weighted by Gasteiger charge is -2.38. The molecule has 3 nitrogen and oxygen atoms in total. The summed E-state index contributed by atoms with van der Waals surface area (Å²) >= 11 is 0. The maximum absolute atomic E-state index is 5.71. The number of benzene rings is 1.